The fourth-order valence-electron chi connectivity index (χ4n) is 4.64. The van der Waals surface area contributed by atoms with Crippen LogP contribution in [0.15, 0.2) is 71.6 Å². The first kappa shape index (κ1) is 32.5. The third-order valence-corrected chi connectivity index (χ3v) is 8.69. The van der Waals surface area contributed by atoms with Crippen LogP contribution < -0.4 is 19.1 Å². The quantitative estimate of drug-likeness (QED) is 0.286. The third-order valence-electron chi connectivity index (χ3n) is 6.91. The highest BCUT2D eigenvalue weighted by Gasteiger charge is 2.35. The van der Waals surface area contributed by atoms with E-state index in [9.17, 15) is 18.0 Å². The van der Waals surface area contributed by atoms with Crippen LogP contribution in [0.2, 0.25) is 0 Å². The zero-order valence-corrected chi connectivity index (χ0v) is 26.0. The van der Waals surface area contributed by atoms with Crippen LogP contribution in [0.1, 0.15) is 43.4 Å². The maximum atomic E-state index is 14.2. The molecule has 0 aliphatic carbocycles. The number of methoxy groups -OCH3 is 2. The fraction of sp³-hybridized carbons (Fsp3) is 0.375. The van der Waals surface area contributed by atoms with E-state index in [2.05, 4.69) is 5.32 Å². The number of anilines is 1. The van der Waals surface area contributed by atoms with E-state index in [1.54, 1.807) is 24.3 Å². The molecule has 10 heteroatoms. The molecule has 0 saturated carbocycles. The van der Waals surface area contributed by atoms with Gasteiger partial charge in [0.25, 0.3) is 10.0 Å². The van der Waals surface area contributed by atoms with Gasteiger partial charge in [0.05, 0.1) is 24.8 Å². The van der Waals surface area contributed by atoms with E-state index in [-0.39, 0.29) is 28.8 Å². The van der Waals surface area contributed by atoms with E-state index in [0.29, 0.717) is 18.7 Å². The van der Waals surface area contributed by atoms with Gasteiger partial charge >= 0.3 is 0 Å². The van der Waals surface area contributed by atoms with Crippen molar-refractivity contribution in [3.63, 3.8) is 0 Å². The van der Waals surface area contributed by atoms with Crippen LogP contribution in [0, 0.1) is 13.8 Å². The third kappa shape index (κ3) is 7.82. The lowest BCUT2D eigenvalue weighted by molar-refractivity contribution is -0.140. The maximum absolute atomic E-state index is 14.2. The Morgan fingerprint density at radius 1 is 0.905 bits per heavy atom. The molecule has 3 rings (SSSR count). The molecule has 0 saturated heterocycles. The molecule has 0 bridgehead atoms. The summed E-state index contributed by atoms with van der Waals surface area (Å²) in [4.78, 5) is 29.0. The van der Waals surface area contributed by atoms with Crippen molar-refractivity contribution < 1.29 is 27.5 Å². The van der Waals surface area contributed by atoms with Gasteiger partial charge in [-0.3, -0.25) is 13.9 Å². The van der Waals surface area contributed by atoms with Crippen LogP contribution in [-0.4, -0.2) is 58.5 Å². The number of rotatable bonds is 14. The number of amides is 2. The Morgan fingerprint density at radius 3 is 2.21 bits per heavy atom. The Balaban J connectivity index is 2.14. The first-order valence-electron chi connectivity index (χ1n) is 14.0. The number of carbonyl (C=O) groups is 2. The molecule has 3 aromatic carbocycles. The number of sulfonamides is 1. The number of carbonyl (C=O) groups excluding carboxylic acids is 2. The second kappa shape index (κ2) is 14.7. The second-order valence-electron chi connectivity index (χ2n) is 10.1. The highest BCUT2D eigenvalue weighted by molar-refractivity contribution is 7.92. The van der Waals surface area contributed by atoms with Crippen LogP contribution in [0.4, 0.5) is 5.69 Å². The van der Waals surface area contributed by atoms with Gasteiger partial charge in [0.15, 0.2) is 0 Å². The number of nitrogens with one attached hydrogen (secondary N) is 1. The SMILES string of the molecule is CCCNC(=O)[C@@H](CC)N(Cc1cccc(C)c1)C(=O)CN(c1cc(OC)ccc1OC)S(=O)(=O)c1ccc(C)cc1. The molecule has 226 valence electrons. The number of ether oxygens (including phenoxy) is 2. The van der Waals surface area contributed by atoms with Crippen molar-refractivity contribution in [1.29, 1.82) is 0 Å². The van der Waals surface area contributed by atoms with Crippen molar-refractivity contribution in [3.8, 4) is 11.5 Å². The van der Waals surface area contributed by atoms with Gasteiger partial charge in [-0.2, -0.15) is 0 Å². The van der Waals surface area contributed by atoms with Crippen molar-refractivity contribution in [2.45, 2.75) is 58.0 Å². The maximum Gasteiger partial charge on any atom is 0.264 e. The average Bonchev–Trinajstić information content (AvgIpc) is 2.98. The summed E-state index contributed by atoms with van der Waals surface area (Å²) < 4.78 is 40.3. The molecule has 0 unspecified atom stereocenters. The van der Waals surface area contributed by atoms with Crippen molar-refractivity contribution >= 4 is 27.5 Å². The van der Waals surface area contributed by atoms with Crippen molar-refractivity contribution in [3.05, 3.63) is 83.4 Å². The first-order chi connectivity index (χ1) is 20.0. The lowest BCUT2D eigenvalue weighted by Gasteiger charge is -2.33. The van der Waals surface area contributed by atoms with Gasteiger partial charge in [0.2, 0.25) is 11.8 Å². The molecule has 1 atom stereocenters. The minimum absolute atomic E-state index is 0.0173. The monoisotopic (exact) mass is 595 g/mol. The minimum atomic E-state index is -4.25. The highest BCUT2D eigenvalue weighted by atomic mass is 32.2. The smallest absolute Gasteiger partial charge is 0.264 e. The van der Waals surface area contributed by atoms with E-state index in [4.69, 9.17) is 9.47 Å². The topological polar surface area (TPSA) is 105 Å². The van der Waals surface area contributed by atoms with E-state index in [1.807, 2.05) is 52.0 Å². The van der Waals surface area contributed by atoms with Gasteiger partial charge in [-0.1, -0.05) is 61.4 Å². The molecule has 9 nitrogen and oxygen atoms in total. The Morgan fingerprint density at radius 2 is 1.62 bits per heavy atom. The predicted molar refractivity (Wildman–Crippen MR) is 164 cm³/mol. The zero-order chi connectivity index (χ0) is 30.9. The molecule has 0 heterocycles. The molecule has 42 heavy (non-hydrogen) atoms. The Bertz CT molecular complexity index is 1470. The van der Waals surface area contributed by atoms with Crippen LogP contribution in [0.25, 0.3) is 0 Å². The molecule has 0 aromatic heterocycles. The van der Waals surface area contributed by atoms with Crippen LogP contribution in [0.3, 0.4) is 0 Å². The van der Waals surface area contributed by atoms with E-state index < -0.39 is 28.5 Å². The highest BCUT2D eigenvalue weighted by Crippen LogP contribution is 2.36. The molecule has 0 radical (unpaired) electrons. The van der Waals surface area contributed by atoms with E-state index in [1.165, 1.54) is 37.3 Å². The predicted octanol–water partition coefficient (Wildman–Crippen LogP) is 4.85. The summed E-state index contributed by atoms with van der Waals surface area (Å²) in [5, 5.41) is 2.89. The molecule has 3 aromatic rings. The van der Waals surface area contributed by atoms with Gasteiger partial charge in [0, 0.05) is 19.2 Å². The number of hydrogen-bond donors (Lipinski definition) is 1. The van der Waals surface area contributed by atoms with Crippen LogP contribution in [0.5, 0.6) is 11.5 Å². The van der Waals surface area contributed by atoms with Gasteiger partial charge in [0.1, 0.15) is 24.1 Å². The summed E-state index contributed by atoms with van der Waals surface area (Å²) in [6.07, 6.45) is 1.09. The molecule has 1 N–H and O–H groups in total. The Hall–Kier alpha value is -4.05. The zero-order valence-electron chi connectivity index (χ0n) is 25.2. The Labute approximate surface area is 249 Å². The van der Waals surface area contributed by atoms with Gasteiger partial charge in [-0.05, 0) is 56.5 Å². The van der Waals surface area contributed by atoms with E-state index in [0.717, 1.165) is 27.4 Å². The summed E-state index contributed by atoms with van der Waals surface area (Å²) in [5.74, 6) is -0.176. The van der Waals surface area contributed by atoms with Crippen molar-refractivity contribution in [2.75, 3.05) is 31.6 Å². The van der Waals surface area contributed by atoms with Crippen LogP contribution in [-0.2, 0) is 26.2 Å². The molecule has 2 amide bonds. The average molecular weight is 596 g/mol. The lowest BCUT2D eigenvalue weighted by Crippen LogP contribution is -2.52. The van der Waals surface area contributed by atoms with E-state index >= 15 is 0 Å². The number of hydrogen-bond acceptors (Lipinski definition) is 6. The van der Waals surface area contributed by atoms with Gasteiger partial charge < -0.3 is 19.7 Å². The molecular formula is C32H41N3O6S. The Kier molecular flexibility index (Phi) is 11.4. The molecule has 0 aliphatic rings. The van der Waals surface area contributed by atoms with Crippen molar-refractivity contribution in [2.24, 2.45) is 0 Å². The fourth-order valence-corrected chi connectivity index (χ4v) is 6.05. The van der Waals surface area contributed by atoms with Gasteiger partial charge in [-0.15, -0.1) is 0 Å². The largest absolute Gasteiger partial charge is 0.497 e. The summed E-state index contributed by atoms with van der Waals surface area (Å²) >= 11 is 0. The summed E-state index contributed by atoms with van der Waals surface area (Å²) in [7, 11) is -1.35. The summed E-state index contributed by atoms with van der Waals surface area (Å²) in [6, 6.07) is 18.0. The number of aryl methyl sites for hydroxylation is 2. The minimum Gasteiger partial charge on any atom is -0.497 e. The summed E-state index contributed by atoms with van der Waals surface area (Å²) in [5.41, 5.74) is 2.87. The standard InChI is InChI=1S/C32H41N3O6S/c1-7-18-33-32(37)28(8-2)34(21-25-11-9-10-24(4)19-25)31(36)22-35(29-20-26(40-5)14-17-30(29)41-6)42(38,39)27-15-12-23(3)13-16-27/h9-17,19-20,28H,7-8,18,21-22H2,1-6H3,(H,33,37)/t28-/m1/s1. The first-order valence-corrected chi connectivity index (χ1v) is 15.4. The molecule has 0 aliphatic heterocycles. The lowest BCUT2D eigenvalue weighted by atomic mass is 10.1. The molecule has 0 fully saturated rings. The van der Waals surface area contributed by atoms with Crippen LogP contribution >= 0.6 is 0 Å². The normalized spacial score (nSPS) is 11.9. The van der Waals surface area contributed by atoms with Crippen molar-refractivity contribution in [1.82, 2.24) is 10.2 Å². The number of nitrogens with zero attached hydrogens (tertiary/aromatic N) is 2. The van der Waals surface area contributed by atoms with Gasteiger partial charge in [-0.25, -0.2) is 8.42 Å². The second-order valence-corrected chi connectivity index (χ2v) is 12.0. The number of benzene rings is 3. The molecular weight excluding hydrogens is 554 g/mol. The summed E-state index contributed by atoms with van der Waals surface area (Å²) in [6.45, 7) is 7.63. The molecule has 0 spiro atoms.